The van der Waals surface area contributed by atoms with Crippen LogP contribution in [0.2, 0.25) is 16.6 Å². The Hall–Kier alpha value is -0.123. The van der Waals surface area contributed by atoms with Crippen LogP contribution in [0.5, 0.6) is 0 Å². The second-order valence-electron chi connectivity index (χ2n) is 15.2. The van der Waals surface area contributed by atoms with Crippen molar-refractivity contribution >= 4 is 8.32 Å². The van der Waals surface area contributed by atoms with E-state index >= 15 is 0 Å². The largest absolute Gasteiger partial charge is 0.416 e. The predicted molar refractivity (Wildman–Crippen MR) is 157 cm³/mol. The molecule has 2 nitrogen and oxygen atoms in total. The number of hydrogen-bond acceptors (Lipinski definition) is 2. The van der Waals surface area contributed by atoms with Gasteiger partial charge in [-0.05, 0) is 121 Å². The Balaban J connectivity index is 1.38. The summed E-state index contributed by atoms with van der Waals surface area (Å²) in [5.41, 5.74) is 4.54. The molecule has 0 bridgehead atoms. The first kappa shape index (κ1) is 28.9. The maximum Gasteiger partial charge on any atom is 0.200 e. The van der Waals surface area contributed by atoms with E-state index in [-0.39, 0.29) is 6.10 Å². The predicted octanol–water partition coefficient (Wildman–Crippen LogP) is 9.53. The van der Waals surface area contributed by atoms with E-state index in [1.807, 2.05) is 0 Å². The topological polar surface area (TPSA) is 29.5 Å². The van der Waals surface area contributed by atoms with Crippen LogP contribution in [0.4, 0.5) is 0 Å². The third-order valence-corrected chi connectivity index (χ3v) is 18.8. The zero-order valence-electron chi connectivity index (χ0n) is 25.4. The maximum atomic E-state index is 10.3. The quantitative estimate of drug-likeness (QED) is 0.188. The van der Waals surface area contributed by atoms with Crippen LogP contribution in [-0.2, 0) is 4.43 Å². The van der Waals surface area contributed by atoms with Crippen LogP contribution in [0.3, 0.4) is 0 Å². The lowest BCUT2D eigenvalue weighted by molar-refractivity contribution is -0.0574. The van der Waals surface area contributed by atoms with Gasteiger partial charge in [0.25, 0.3) is 0 Å². The smallest absolute Gasteiger partial charge is 0.200 e. The molecule has 208 valence electrons. The van der Waals surface area contributed by atoms with E-state index in [4.69, 9.17) is 4.43 Å². The molecule has 0 aromatic rings. The van der Waals surface area contributed by atoms with Gasteiger partial charge in [-0.1, -0.05) is 74.0 Å². The normalized spacial score (nSPS) is 39.7. The highest BCUT2D eigenvalue weighted by Crippen LogP contribution is 2.67. The molecule has 0 saturated heterocycles. The van der Waals surface area contributed by atoms with Crippen LogP contribution in [0, 0.1) is 40.4 Å². The maximum absolute atomic E-state index is 10.3. The molecule has 0 heterocycles. The van der Waals surface area contributed by atoms with Gasteiger partial charge in [0.05, 0.1) is 6.10 Å². The van der Waals surface area contributed by atoms with Gasteiger partial charge in [-0.3, -0.25) is 0 Å². The lowest BCUT2D eigenvalue weighted by Crippen LogP contribution is -2.50. The van der Waals surface area contributed by atoms with Crippen molar-refractivity contribution in [2.24, 2.45) is 40.4 Å². The van der Waals surface area contributed by atoms with Crippen LogP contribution in [0.15, 0.2) is 11.6 Å². The summed E-state index contributed by atoms with van der Waals surface area (Å²) in [5.74, 6) is 4.33. The fraction of sp³-hybridized carbons (Fsp3) is 0.939. The van der Waals surface area contributed by atoms with Crippen molar-refractivity contribution in [3.8, 4) is 0 Å². The molecule has 8 atom stereocenters. The molecule has 1 N–H and O–H groups in total. The number of aliphatic hydroxyl groups excluding tert-OH is 1. The van der Waals surface area contributed by atoms with E-state index < -0.39 is 8.32 Å². The van der Waals surface area contributed by atoms with Crippen LogP contribution in [-0.4, -0.2) is 26.1 Å². The number of fused-ring (bicyclic) bond motifs is 5. The standard InChI is InChI=1S/C33H60O2Si/c1-22(2)36(23(3)4,24(5)6)35-20-10-11-25(7)29-14-15-30-28-13-12-26-21-27(34)16-18-32(26,8)31(28)17-19-33(29,30)9/h12,22-25,27-31,34H,10-11,13-21H2,1-9H3/t25-,27+,28+,29-,30+,31+,32+,33-/m1/s1. The second-order valence-corrected chi connectivity index (χ2v) is 20.6. The molecule has 4 aliphatic carbocycles. The summed E-state index contributed by atoms with van der Waals surface area (Å²) < 4.78 is 6.91. The molecule has 0 radical (unpaired) electrons. The van der Waals surface area contributed by atoms with Crippen LogP contribution in [0.25, 0.3) is 0 Å². The van der Waals surface area contributed by atoms with Crippen molar-refractivity contribution in [1.82, 2.24) is 0 Å². The first-order chi connectivity index (χ1) is 16.9. The lowest BCUT2D eigenvalue weighted by Gasteiger charge is -2.58. The average molecular weight is 517 g/mol. The summed E-state index contributed by atoms with van der Waals surface area (Å²) in [6, 6.07) is 0. The third kappa shape index (κ3) is 4.74. The van der Waals surface area contributed by atoms with E-state index in [1.54, 1.807) is 5.57 Å². The first-order valence-corrected chi connectivity index (χ1v) is 18.0. The Morgan fingerprint density at radius 2 is 1.58 bits per heavy atom. The fourth-order valence-corrected chi connectivity index (χ4v) is 16.5. The molecule has 36 heavy (non-hydrogen) atoms. The van der Waals surface area contributed by atoms with Crippen molar-refractivity contribution < 1.29 is 9.53 Å². The van der Waals surface area contributed by atoms with E-state index in [9.17, 15) is 5.11 Å². The first-order valence-electron chi connectivity index (χ1n) is 15.9. The average Bonchev–Trinajstić information content (AvgIpc) is 3.16. The Bertz CT molecular complexity index is 765. The van der Waals surface area contributed by atoms with Crippen molar-refractivity contribution in [1.29, 1.82) is 0 Å². The minimum Gasteiger partial charge on any atom is -0.416 e. The summed E-state index contributed by atoms with van der Waals surface area (Å²) in [6.45, 7) is 23.2. The monoisotopic (exact) mass is 516 g/mol. The molecule has 0 spiro atoms. The molecule has 3 saturated carbocycles. The van der Waals surface area contributed by atoms with Gasteiger partial charge >= 0.3 is 0 Å². The molecule has 0 aromatic heterocycles. The van der Waals surface area contributed by atoms with Gasteiger partial charge in [-0.2, -0.15) is 0 Å². The lowest BCUT2D eigenvalue weighted by atomic mass is 9.47. The Morgan fingerprint density at radius 1 is 0.917 bits per heavy atom. The zero-order valence-corrected chi connectivity index (χ0v) is 26.4. The highest BCUT2D eigenvalue weighted by Gasteiger charge is 2.59. The highest BCUT2D eigenvalue weighted by molar-refractivity contribution is 6.77. The molecular weight excluding hydrogens is 456 g/mol. The fourth-order valence-electron chi connectivity index (χ4n) is 11.0. The van der Waals surface area contributed by atoms with Crippen LogP contribution in [0.1, 0.15) is 127 Å². The third-order valence-electron chi connectivity index (χ3n) is 12.7. The molecular formula is C33H60O2Si. The van der Waals surface area contributed by atoms with Gasteiger partial charge in [0.1, 0.15) is 0 Å². The molecule has 4 rings (SSSR count). The summed E-state index contributed by atoms with van der Waals surface area (Å²) >= 11 is 0. The molecule has 4 aliphatic rings. The van der Waals surface area contributed by atoms with Gasteiger partial charge in [-0.15, -0.1) is 0 Å². The van der Waals surface area contributed by atoms with Crippen molar-refractivity contribution in [3.63, 3.8) is 0 Å². The van der Waals surface area contributed by atoms with Gasteiger partial charge in [0.2, 0.25) is 0 Å². The summed E-state index contributed by atoms with van der Waals surface area (Å²) in [5, 5.41) is 10.3. The van der Waals surface area contributed by atoms with Gasteiger partial charge < -0.3 is 9.53 Å². The Labute approximate surface area is 225 Å². The van der Waals surface area contributed by atoms with Gasteiger partial charge in [0, 0.05) is 6.61 Å². The summed E-state index contributed by atoms with van der Waals surface area (Å²) in [4.78, 5) is 0. The second kappa shape index (κ2) is 10.8. The molecule has 3 heteroatoms. The molecule has 0 unspecified atom stereocenters. The van der Waals surface area contributed by atoms with E-state index in [0.717, 1.165) is 49.0 Å². The molecule has 0 aliphatic heterocycles. The van der Waals surface area contributed by atoms with Gasteiger partial charge in [-0.25, -0.2) is 0 Å². The number of hydrogen-bond donors (Lipinski definition) is 1. The molecule has 0 amide bonds. The number of aliphatic hydroxyl groups is 1. The van der Waals surface area contributed by atoms with Crippen molar-refractivity contribution in [3.05, 3.63) is 11.6 Å². The number of allylic oxidation sites excluding steroid dienone is 1. The van der Waals surface area contributed by atoms with E-state index in [1.165, 1.54) is 51.4 Å². The van der Waals surface area contributed by atoms with Gasteiger partial charge in [0.15, 0.2) is 8.32 Å². The molecule has 3 fully saturated rings. The molecule has 0 aromatic carbocycles. The summed E-state index contributed by atoms with van der Waals surface area (Å²) in [7, 11) is -1.74. The highest BCUT2D eigenvalue weighted by atomic mass is 28.4. The van der Waals surface area contributed by atoms with Crippen LogP contribution >= 0.6 is 0 Å². The minimum atomic E-state index is -1.74. The van der Waals surface area contributed by atoms with E-state index in [0.29, 0.717) is 27.5 Å². The zero-order chi connectivity index (χ0) is 26.5. The SMILES string of the molecule is CC(C)[Si](OCCC[C@@H](C)[C@H]1CC[C@H]2[C@@H]3CC=C4C[C@@H](O)CC[C@]4(C)[C@H]3CC[C@]12C)(C(C)C)C(C)C. The Morgan fingerprint density at radius 3 is 2.22 bits per heavy atom. The van der Waals surface area contributed by atoms with E-state index in [2.05, 4.69) is 68.4 Å². The summed E-state index contributed by atoms with van der Waals surface area (Å²) in [6.07, 6.45) is 15.3. The number of rotatable bonds is 9. The van der Waals surface area contributed by atoms with Crippen molar-refractivity contribution in [2.45, 2.75) is 149 Å². The minimum absolute atomic E-state index is 0.0927. The Kier molecular flexibility index (Phi) is 8.66. The van der Waals surface area contributed by atoms with Crippen LogP contribution < -0.4 is 0 Å². The van der Waals surface area contributed by atoms with Crippen molar-refractivity contribution in [2.75, 3.05) is 6.61 Å².